The number of oxazole rings is 1. The maximum Gasteiger partial charge on any atom is 0.420 e. The Hall–Kier alpha value is -3.80. The average Bonchev–Trinajstić information content (AvgIpc) is 2.99. The third-order valence-electron chi connectivity index (χ3n) is 3.99. The van der Waals surface area contributed by atoms with Crippen molar-refractivity contribution in [1.29, 1.82) is 0 Å². The minimum absolute atomic E-state index is 0.127. The van der Waals surface area contributed by atoms with Crippen molar-refractivity contribution < 1.29 is 13.9 Å². The Morgan fingerprint density at radius 1 is 0.889 bits per heavy atom. The molecular formula is C21H16N2O4. The van der Waals surface area contributed by atoms with Crippen LogP contribution in [0.15, 0.2) is 88.1 Å². The molecule has 0 saturated heterocycles. The van der Waals surface area contributed by atoms with Gasteiger partial charge in [0.25, 0.3) is 0 Å². The standard InChI is InChI=1S/C21H16N2O4/c24-20(14-23-18-8-4-5-9-19(18)27-21(23)25)22-15-10-12-17(13-11-15)26-16-6-2-1-3-7-16/h1-13H,14H2,(H,22,24). The highest BCUT2D eigenvalue weighted by Crippen LogP contribution is 2.22. The van der Waals surface area contributed by atoms with E-state index < -0.39 is 5.76 Å². The number of rotatable bonds is 5. The van der Waals surface area contributed by atoms with Crippen molar-refractivity contribution in [3.63, 3.8) is 0 Å². The number of ether oxygens (including phenoxy) is 1. The molecule has 6 heteroatoms. The fourth-order valence-electron chi connectivity index (χ4n) is 2.74. The van der Waals surface area contributed by atoms with E-state index in [4.69, 9.17) is 9.15 Å². The molecule has 0 aliphatic carbocycles. The highest BCUT2D eigenvalue weighted by atomic mass is 16.5. The van der Waals surface area contributed by atoms with Gasteiger partial charge >= 0.3 is 5.76 Å². The van der Waals surface area contributed by atoms with Crippen LogP contribution in [-0.4, -0.2) is 10.5 Å². The van der Waals surface area contributed by atoms with Gasteiger partial charge in [-0.25, -0.2) is 4.79 Å². The Labute approximate surface area is 154 Å². The van der Waals surface area contributed by atoms with Crippen LogP contribution in [0.5, 0.6) is 11.5 Å². The van der Waals surface area contributed by atoms with E-state index in [9.17, 15) is 9.59 Å². The van der Waals surface area contributed by atoms with Gasteiger partial charge in [0.05, 0.1) is 5.52 Å². The molecule has 0 spiro atoms. The highest BCUT2D eigenvalue weighted by Gasteiger charge is 2.12. The van der Waals surface area contributed by atoms with Crippen LogP contribution in [0.4, 0.5) is 5.69 Å². The normalized spacial score (nSPS) is 10.7. The summed E-state index contributed by atoms with van der Waals surface area (Å²) < 4.78 is 12.2. The van der Waals surface area contributed by atoms with E-state index in [2.05, 4.69) is 5.32 Å². The summed E-state index contributed by atoms with van der Waals surface area (Å²) in [5.41, 5.74) is 1.66. The summed E-state index contributed by atoms with van der Waals surface area (Å²) in [6.45, 7) is -0.127. The summed E-state index contributed by atoms with van der Waals surface area (Å²) in [6, 6.07) is 23.4. The number of aromatic nitrogens is 1. The molecular weight excluding hydrogens is 344 g/mol. The van der Waals surface area contributed by atoms with Gasteiger partial charge in [-0.1, -0.05) is 30.3 Å². The zero-order chi connectivity index (χ0) is 18.6. The minimum atomic E-state index is -0.557. The van der Waals surface area contributed by atoms with Gasteiger partial charge in [-0.15, -0.1) is 0 Å². The molecule has 0 radical (unpaired) electrons. The first-order valence-electron chi connectivity index (χ1n) is 8.40. The van der Waals surface area contributed by atoms with Crippen LogP contribution in [0.3, 0.4) is 0 Å². The van der Waals surface area contributed by atoms with Crippen molar-refractivity contribution in [2.45, 2.75) is 6.54 Å². The number of hydrogen-bond donors (Lipinski definition) is 1. The SMILES string of the molecule is O=C(Cn1c(=O)oc2ccccc21)Nc1ccc(Oc2ccccc2)cc1. The van der Waals surface area contributed by atoms with E-state index >= 15 is 0 Å². The first-order valence-corrected chi connectivity index (χ1v) is 8.40. The first kappa shape index (κ1) is 16.7. The summed E-state index contributed by atoms with van der Waals surface area (Å²) in [5.74, 6) is 0.523. The lowest BCUT2D eigenvalue weighted by Crippen LogP contribution is -2.24. The molecule has 134 valence electrons. The van der Waals surface area contributed by atoms with E-state index in [1.54, 1.807) is 48.5 Å². The maximum absolute atomic E-state index is 12.3. The molecule has 27 heavy (non-hydrogen) atoms. The van der Waals surface area contributed by atoms with Crippen LogP contribution in [0, 0.1) is 0 Å². The van der Waals surface area contributed by atoms with Gasteiger partial charge < -0.3 is 14.5 Å². The van der Waals surface area contributed by atoms with Gasteiger partial charge in [0.15, 0.2) is 5.58 Å². The van der Waals surface area contributed by atoms with E-state index in [1.807, 2.05) is 30.3 Å². The van der Waals surface area contributed by atoms with Crippen molar-refractivity contribution in [3.05, 3.63) is 89.4 Å². The Morgan fingerprint density at radius 3 is 2.33 bits per heavy atom. The number of carbonyl (C=O) groups is 1. The Morgan fingerprint density at radius 2 is 1.56 bits per heavy atom. The number of carbonyl (C=O) groups excluding carboxylic acids is 1. The Kier molecular flexibility index (Phi) is 4.45. The summed E-state index contributed by atoms with van der Waals surface area (Å²) in [6.07, 6.45) is 0. The topological polar surface area (TPSA) is 73.5 Å². The van der Waals surface area contributed by atoms with Crippen molar-refractivity contribution in [2.24, 2.45) is 0 Å². The summed E-state index contributed by atoms with van der Waals surface area (Å²) in [7, 11) is 0. The second kappa shape index (κ2) is 7.21. The molecule has 0 bridgehead atoms. The fraction of sp³-hybridized carbons (Fsp3) is 0.0476. The first-order chi connectivity index (χ1) is 13.2. The van der Waals surface area contributed by atoms with E-state index in [0.29, 0.717) is 22.5 Å². The lowest BCUT2D eigenvalue weighted by atomic mass is 10.3. The van der Waals surface area contributed by atoms with Gasteiger partial charge in [0.1, 0.15) is 18.0 Å². The molecule has 4 aromatic rings. The lowest BCUT2D eigenvalue weighted by Gasteiger charge is -2.08. The molecule has 1 heterocycles. The fourth-order valence-corrected chi connectivity index (χ4v) is 2.74. The highest BCUT2D eigenvalue weighted by molar-refractivity contribution is 5.91. The van der Waals surface area contributed by atoms with E-state index in [1.165, 1.54) is 4.57 Å². The Balaban J connectivity index is 1.43. The summed E-state index contributed by atoms with van der Waals surface area (Å²) >= 11 is 0. The number of nitrogens with zero attached hydrogens (tertiary/aromatic N) is 1. The van der Waals surface area contributed by atoms with Crippen LogP contribution in [-0.2, 0) is 11.3 Å². The number of hydrogen-bond acceptors (Lipinski definition) is 4. The molecule has 1 aromatic heterocycles. The number of fused-ring (bicyclic) bond motifs is 1. The number of benzene rings is 3. The molecule has 0 aliphatic rings. The number of nitrogens with one attached hydrogen (secondary N) is 1. The molecule has 4 rings (SSSR count). The monoisotopic (exact) mass is 360 g/mol. The second-order valence-corrected chi connectivity index (χ2v) is 5.91. The van der Waals surface area contributed by atoms with Crippen LogP contribution in [0.2, 0.25) is 0 Å². The number of amides is 1. The molecule has 0 saturated carbocycles. The predicted octanol–water partition coefficient (Wildman–Crippen LogP) is 4.03. The molecule has 0 fully saturated rings. The van der Waals surface area contributed by atoms with E-state index in [0.717, 1.165) is 5.75 Å². The van der Waals surface area contributed by atoms with Crippen LogP contribution >= 0.6 is 0 Å². The predicted molar refractivity (Wildman–Crippen MR) is 102 cm³/mol. The lowest BCUT2D eigenvalue weighted by molar-refractivity contribution is -0.116. The van der Waals surface area contributed by atoms with Crippen molar-refractivity contribution in [2.75, 3.05) is 5.32 Å². The maximum atomic E-state index is 12.3. The van der Waals surface area contributed by atoms with Gasteiger partial charge in [-0.2, -0.15) is 0 Å². The molecule has 3 aromatic carbocycles. The van der Waals surface area contributed by atoms with Crippen LogP contribution in [0.25, 0.3) is 11.1 Å². The third-order valence-corrected chi connectivity index (χ3v) is 3.99. The second-order valence-electron chi connectivity index (χ2n) is 5.91. The molecule has 0 atom stereocenters. The molecule has 6 nitrogen and oxygen atoms in total. The van der Waals surface area contributed by atoms with Crippen LogP contribution < -0.4 is 15.8 Å². The van der Waals surface area contributed by atoms with Crippen molar-refractivity contribution >= 4 is 22.7 Å². The molecule has 1 amide bonds. The smallest absolute Gasteiger partial charge is 0.420 e. The zero-order valence-electron chi connectivity index (χ0n) is 14.3. The van der Waals surface area contributed by atoms with Gasteiger partial charge in [0.2, 0.25) is 5.91 Å². The van der Waals surface area contributed by atoms with Gasteiger partial charge in [0, 0.05) is 5.69 Å². The van der Waals surface area contributed by atoms with Gasteiger partial charge in [-0.3, -0.25) is 9.36 Å². The van der Waals surface area contributed by atoms with Crippen molar-refractivity contribution in [1.82, 2.24) is 4.57 Å². The number of para-hydroxylation sites is 3. The summed E-state index contributed by atoms with van der Waals surface area (Å²) in [5, 5.41) is 2.77. The van der Waals surface area contributed by atoms with E-state index in [-0.39, 0.29) is 12.5 Å². The quantitative estimate of drug-likeness (QED) is 0.583. The zero-order valence-corrected chi connectivity index (χ0v) is 14.3. The number of anilines is 1. The third kappa shape index (κ3) is 3.74. The molecule has 1 N–H and O–H groups in total. The molecule has 0 unspecified atom stereocenters. The average molecular weight is 360 g/mol. The van der Waals surface area contributed by atoms with Crippen molar-refractivity contribution in [3.8, 4) is 11.5 Å². The van der Waals surface area contributed by atoms with Crippen LogP contribution in [0.1, 0.15) is 0 Å². The minimum Gasteiger partial charge on any atom is -0.457 e. The van der Waals surface area contributed by atoms with Gasteiger partial charge in [-0.05, 0) is 48.5 Å². The largest absolute Gasteiger partial charge is 0.457 e. The Bertz CT molecular complexity index is 1130. The molecule has 0 aliphatic heterocycles. The summed E-state index contributed by atoms with van der Waals surface area (Å²) in [4.78, 5) is 24.3.